The Hall–Kier alpha value is -3.64. The predicted molar refractivity (Wildman–Crippen MR) is 122 cm³/mol. The molecular weight excluding hydrogens is 460 g/mol. The summed E-state index contributed by atoms with van der Waals surface area (Å²) in [4.78, 5) is 25.2. The zero-order valence-corrected chi connectivity index (χ0v) is 19.3. The van der Waals surface area contributed by atoms with Crippen LogP contribution in [0.1, 0.15) is 36.5 Å². The molecule has 1 amide bonds. The van der Waals surface area contributed by atoms with Crippen LogP contribution in [-0.4, -0.2) is 64.0 Å². The van der Waals surface area contributed by atoms with Gasteiger partial charge in [-0.3, -0.25) is 4.79 Å². The zero-order chi connectivity index (χ0) is 24.1. The number of hydrogen-bond acceptors (Lipinski definition) is 8. The number of esters is 1. The second kappa shape index (κ2) is 10.1. The highest BCUT2D eigenvalue weighted by Gasteiger charge is 2.26. The van der Waals surface area contributed by atoms with Crippen molar-refractivity contribution in [3.05, 3.63) is 60.4 Å². The first-order valence-corrected chi connectivity index (χ1v) is 12.2. The van der Waals surface area contributed by atoms with Crippen molar-refractivity contribution in [2.45, 2.75) is 37.2 Å². The number of nitrogens with zero attached hydrogens (tertiary/aromatic N) is 5. The second-order valence-electron chi connectivity index (χ2n) is 7.83. The highest BCUT2D eigenvalue weighted by molar-refractivity contribution is 7.89. The molecule has 0 bridgehead atoms. The lowest BCUT2D eigenvalue weighted by molar-refractivity contribution is -0.123. The van der Waals surface area contributed by atoms with Gasteiger partial charge in [-0.2, -0.15) is 4.31 Å². The number of rotatable bonds is 7. The van der Waals surface area contributed by atoms with Crippen molar-refractivity contribution in [3.8, 4) is 5.69 Å². The Kier molecular flexibility index (Phi) is 6.98. The molecule has 11 nitrogen and oxygen atoms in total. The average Bonchev–Trinajstić information content (AvgIpc) is 3.40. The zero-order valence-electron chi connectivity index (χ0n) is 18.5. The molecule has 12 heteroatoms. The van der Waals surface area contributed by atoms with Crippen LogP contribution >= 0.6 is 0 Å². The summed E-state index contributed by atoms with van der Waals surface area (Å²) in [5.41, 5.74) is 1.20. The standard InChI is InChI=1S/C22H24N6O5S/c1-16(33-22(30)17-6-5-7-19(14-17)28-15-23-25-26-28)21(29)24-18-8-10-20(11-9-18)34(31,32)27-12-3-2-4-13-27/h5-11,14-16H,2-4,12-13H2,1H3,(H,24,29)/t16-/m0/s1. The molecule has 1 fully saturated rings. The number of aromatic nitrogens is 4. The van der Waals surface area contributed by atoms with Crippen LogP contribution in [0.5, 0.6) is 0 Å². The number of sulfonamides is 1. The third-order valence-corrected chi connectivity index (χ3v) is 7.34. The fourth-order valence-electron chi connectivity index (χ4n) is 3.55. The summed E-state index contributed by atoms with van der Waals surface area (Å²) >= 11 is 0. The van der Waals surface area contributed by atoms with Gasteiger partial charge in [-0.15, -0.1) is 5.10 Å². The van der Waals surface area contributed by atoms with Crippen molar-refractivity contribution in [3.63, 3.8) is 0 Å². The summed E-state index contributed by atoms with van der Waals surface area (Å²) in [6, 6.07) is 12.4. The summed E-state index contributed by atoms with van der Waals surface area (Å²) in [5, 5.41) is 13.5. The summed E-state index contributed by atoms with van der Waals surface area (Å²) in [5.74, 6) is -1.22. The third kappa shape index (κ3) is 5.29. The quantitative estimate of drug-likeness (QED) is 0.503. The number of carbonyl (C=O) groups excluding carboxylic acids is 2. The van der Waals surface area contributed by atoms with Gasteiger partial charge in [-0.05, 0) is 72.7 Å². The van der Waals surface area contributed by atoms with Gasteiger partial charge in [0.1, 0.15) is 6.33 Å². The molecule has 1 aromatic heterocycles. The number of ether oxygens (including phenoxy) is 1. The Balaban J connectivity index is 1.36. The molecule has 0 saturated carbocycles. The molecule has 1 saturated heterocycles. The van der Waals surface area contributed by atoms with Gasteiger partial charge >= 0.3 is 5.97 Å². The van der Waals surface area contributed by atoms with E-state index < -0.39 is 28.0 Å². The average molecular weight is 485 g/mol. The highest BCUT2D eigenvalue weighted by Crippen LogP contribution is 2.22. The van der Waals surface area contributed by atoms with E-state index in [1.54, 1.807) is 24.3 Å². The number of amides is 1. The fraction of sp³-hybridized carbons (Fsp3) is 0.318. The maximum Gasteiger partial charge on any atom is 0.338 e. The van der Waals surface area contributed by atoms with E-state index in [-0.39, 0.29) is 10.5 Å². The maximum atomic E-state index is 12.8. The Morgan fingerprint density at radius 3 is 2.47 bits per heavy atom. The van der Waals surface area contributed by atoms with E-state index in [0.29, 0.717) is 24.5 Å². The highest BCUT2D eigenvalue weighted by atomic mass is 32.2. The normalized spacial score (nSPS) is 15.4. The van der Waals surface area contributed by atoms with Crippen molar-refractivity contribution in [1.29, 1.82) is 0 Å². The van der Waals surface area contributed by atoms with Gasteiger partial charge in [-0.25, -0.2) is 17.9 Å². The Morgan fingerprint density at radius 2 is 1.79 bits per heavy atom. The molecule has 1 aliphatic heterocycles. The van der Waals surface area contributed by atoms with Crippen LogP contribution in [0.2, 0.25) is 0 Å². The molecule has 2 aromatic carbocycles. The molecule has 2 heterocycles. The van der Waals surface area contributed by atoms with Gasteiger partial charge in [0.25, 0.3) is 5.91 Å². The lowest BCUT2D eigenvalue weighted by Crippen LogP contribution is -2.35. The predicted octanol–water partition coefficient (Wildman–Crippen LogP) is 2.02. The van der Waals surface area contributed by atoms with Crippen LogP contribution in [-0.2, 0) is 19.6 Å². The van der Waals surface area contributed by atoms with Gasteiger partial charge in [0, 0.05) is 18.8 Å². The van der Waals surface area contributed by atoms with Crippen molar-refractivity contribution < 1.29 is 22.7 Å². The number of carbonyl (C=O) groups is 2. The maximum absolute atomic E-state index is 12.8. The molecule has 0 radical (unpaired) electrons. The van der Waals surface area contributed by atoms with Crippen molar-refractivity contribution >= 4 is 27.6 Å². The van der Waals surface area contributed by atoms with Crippen LogP contribution in [0.25, 0.3) is 5.69 Å². The summed E-state index contributed by atoms with van der Waals surface area (Å²) in [6.07, 6.45) is 3.05. The van der Waals surface area contributed by atoms with E-state index in [4.69, 9.17) is 4.74 Å². The minimum Gasteiger partial charge on any atom is -0.449 e. The number of anilines is 1. The molecular formula is C22H24N6O5S. The first-order chi connectivity index (χ1) is 16.3. The Bertz CT molecular complexity index is 1260. The lowest BCUT2D eigenvalue weighted by Gasteiger charge is -2.25. The molecule has 0 unspecified atom stereocenters. The molecule has 0 aliphatic carbocycles. The van der Waals surface area contributed by atoms with Crippen molar-refractivity contribution in [2.75, 3.05) is 18.4 Å². The fourth-order valence-corrected chi connectivity index (χ4v) is 5.06. The van der Waals surface area contributed by atoms with Crippen LogP contribution in [0, 0.1) is 0 Å². The molecule has 34 heavy (non-hydrogen) atoms. The Labute approximate surface area is 196 Å². The van der Waals surface area contributed by atoms with Gasteiger partial charge in [0.05, 0.1) is 16.1 Å². The topological polar surface area (TPSA) is 136 Å². The second-order valence-corrected chi connectivity index (χ2v) is 9.77. The van der Waals surface area contributed by atoms with Crippen LogP contribution in [0.3, 0.4) is 0 Å². The molecule has 1 atom stereocenters. The van der Waals surface area contributed by atoms with E-state index in [2.05, 4.69) is 20.8 Å². The van der Waals surface area contributed by atoms with E-state index in [1.165, 1.54) is 46.5 Å². The number of nitrogens with one attached hydrogen (secondary N) is 1. The minimum atomic E-state index is -3.55. The lowest BCUT2D eigenvalue weighted by atomic mass is 10.2. The Morgan fingerprint density at radius 1 is 1.06 bits per heavy atom. The summed E-state index contributed by atoms with van der Waals surface area (Å²) in [7, 11) is -3.55. The summed E-state index contributed by atoms with van der Waals surface area (Å²) in [6.45, 7) is 2.48. The number of tetrazole rings is 1. The van der Waals surface area contributed by atoms with Crippen LogP contribution in [0.4, 0.5) is 5.69 Å². The third-order valence-electron chi connectivity index (χ3n) is 5.42. The van der Waals surface area contributed by atoms with Gasteiger partial charge in [0.15, 0.2) is 6.10 Å². The van der Waals surface area contributed by atoms with E-state index in [9.17, 15) is 18.0 Å². The van der Waals surface area contributed by atoms with E-state index in [1.807, 2.05) is 0 Å². The van der Waals surface area contributed by atoms with Gasteiger partial charge in [0.2, 0.25) is 10.0 Å². The number of hydrogen-bond donors (Lipinski definition) is 1. The van der Waals surface area contributed by atoms with E-state index >= 15 is 0 Å². The first-order valence-electron chi connectivity index (χ1n) is 10.8. The largest absolute Gasteiger partial charge is 0.449 e. The SMILES string of the molecule is C[C@H](OC(=O)c1cccc(-n2cnnn2)c1)C(=O)Nc1ccc(S(=O)(=O)N2CCCCC2)cc1. The smallest absolute Gasteiger partial charge is 0.338 e. The molecule has 1 N–H and O–H groups in total. The number of piperidine rings is 1. The molecule has 4 rings (SSSR count). The van der Waals surface area contributed by atoms with Gasteiger partial charge in [-0.1, -0.05) is 12.5 Å². The molecule has 3 aromatic rings. The summed E-state index contributed by atoms with van der Waals surface area (Å²) < 4.78 is 33.7. The molecule has 0 spiro atoms. The van der Waals surface area contributed by atoms with Crippen LogP contribution < -0.4 is 5.32 Å². The molecule has 178 valence electrons. The number of benzene rings is 2. The van der Waals surface area contributed by atoms with Gasteiger partial charge < -0.3 is 10.1 Å². The van der Waals surface area contributed by atoms with Crippen LogP contribution in [0.15, 0.2) is 59.8 Å². The first kappa shape index (κ1) is 23.5. The van der Waals surface area contributed by atoms with Crippen molar-refractivity contribution in [2.24, 2.45) is 0 Å². The molecule has 1 aliphatic rings. The monoisotopic (exact) mass is 484 g/mol. The van der Waals surface area contributed by atoms with Crippen molar-refractivity contribution in [1.82, 2.24) is 24.5 Å². The van der Waals surface area contributed by atoms with E-state index in [0.717, 1.165) is 19.3 Å². The minimum absolute atomic E-state index is 0.175.